The van der Waals surface area contributed by atoms with Crippen LogP contribution in [-0.4, -0.2) is 28.1 Å². The van der Waals surface area contributed by atoms with E-state index >= 15 is 0 Å². The van der Waals surface area contributed by atoms with E-state index in [0.717, 1.165) is 4.57 Å². The summed E-state index contributed by atoms with van der Waals surface area (Å²) in [6.07, 6.45) is 0.0814. The van der Waals surface area contributed by atoms with E-state index < -0.39 is 23.1 Å². The zero-order valence-corrected chi connectivity index (χ0v) is 14.0. The number of nitrogens with one attached hydrogen (secondary N) is 1. The number of anilines is 1. The molecule has 8 heteroatoms. The predicted molar refractivity (Wildman–Crippen MR) is 89.8 cm³/mol. The fraction of sp³-hybridized carbons (Fsp3) is 0.294. The maximum absolute atomic E-state index is 12.6. The Morgan fingerprint density at radius 2 is 1.76 bits per heavy atom. The lowest BCUT2D eigenvalue weighted by Gasteiger charge is -2.27. The maximum Gasteiger partial charge on any atom is 0.337 e. The third kappa shape index (κ3) is 2.65. The molecule has 0 radical (unpaired) electrons. The van der Waals surface area contributed by atoms with Gasteiger partial charge < -0.3 is 10.1 Å². The quantitative estimate of drug-likeness (QED) is 0.793. The average Bonchev–Trinajstić information content (AvgIpc) is 2.63. The van der Waals surface area contributed by atoms with E-state index in [0.29, 0.717) is 16.7 Å². The molecule has 0 aliphatic carbocycles. The first-order chi connectivity index (χ1) is 11.8. The van der Waals surface area contributed by atoms with Crippen molar-refractivity contribution in [2.24, 2.45) is 14.1 Å². The molecule has 1 atom stereocenters. The highest BCUT2D eigenvalue weighted by Crippen LogP contribution is 2.34. The van der Waals surface area contributed by atoms with E-state index in [1.54, 1.807) is 24.3 Å². The van der Waals surface area contributed by atoms with Crippen molar-refractivity contribution in [1.29, 1.82) is 0 Å². The van der Waals surface area contributed by atoms with E-state index in [1.807, 2.05) is 0 Å². The second-order valence-electron chi connectivity index (χ2n) is 5.89. The van der Waals surface area contributed by atoms with Crippen LogP contribution in [0.5, 0.6) is 0 Å². The number of carbonyl (C=O) groups is 2. The number of benzene rings is 1. The molecule has 1 aromatic carbocycles. The van der Waals surface area contributed by atoms with E-state index in [1.165, 1.54) is 25.8 Å². The van der Waals surface area contributed by atoms with Gasteiger partial charge in [-0.05, 0) is 17.7 Å². The minimum absolute atomic E-state index is 0.0814. The smallest absolute Gasteiger partial charge is 0.337 e. The number of rotatable bonds is 2. The fourth-order valence-electron chi connectivity index (χ4n) is 3.06. The normalized spacial score (nSPS) is 16.1. The Kier molecular flexibility index (Phi) is 4.03. The molecule has 1 aliphatic heterocycles. The van der Waals surface area contributed by atoms with E-state index in [9.17, 15) is 19.2 Å². The average molecular weight is 343 g/mol. The van der Waals surface area contributed by atoms with Crippen molar-refractivity contribution in [1.82, 2.24) is 9.13 Å². The van der Waals surface area contributed by atoms with E-state index in [4.69, 9.17) is 0 Å². The van der Waals surface area contributed by atoms with Gasteiger partial charge in [0.2, 0.25) is 5.91 Å². The Morgan fingerprint density at radius 1 is 1.12 bits per heavy atom. The van der Waals surface area contributed by atoms with Crippen molar-refractivity contribution in [3.63, 3.8) is 0 Å². The zero-order chi connectivity index (χ0) is 18.3. The Labute approximate surface area is 142 Å². The number of aromatic nitrogens is 2. The number of ether oxygens (including phenoxy) is 1. The highest BCUT2D eigenvalue weighted by atomic mass is 16.5. The molecule has 0 fully saturated rings. The van der Waals surface area contributed by atoms with Crippen molar-refractivity contribution in [3.05, 3.63) is 61.8 Å². The van der Waals surface area contributed by atoms with Gasteiger partial charge in [0.25, 0.3) is 5.56 Å². The Bertz CT molecular complexity index is 985. The number of fused-ring (bicyclic) bond motifs is 1. The molecule has 0 bridgehead atoms. The van der Waals surface area contributed by atoms with Crippen molar-refractivity contribution >= 4 is 17.7 Å². The molecule has 1 aromatic heterocycles. The fourth-order valence-corrected chi connectivity index (χ4v) is 3.06. The van der Waals surface area contributed by atoms with Crippen LogP contribution in [0.3, 0.4) is 0 Å². The monoisotopic (exact) mass is 343 g/mol. The summed E-state index contributed by atoms with van der Waals surface area (Å²) in [5.74, 6) is -1.03. The molecule has 1 amide bonds. The number of amides is 1. The number of esters is 1. The van der Waals surface area contributed by atoms with Gasteiger partial charge in [-0.2, -0.15) is 0 Å². The summed E-state index contributed by atoms with van der Waals surface area (Å²) in [6.45, 7) is 0. The molecule has 3 rings (SSSR count). The van der Waals surface area contributed by atoms with Crippen LogP contribution in [0.4, 0.5) is 5.82 Å². The van der Waals surface area contributed by atoms with Crippen molar-refractivity contribution in [3.8, 4) is 0 Å². The Hall–Kier alpha value is -3.16. The number of hydrogen-bond acceptors (Lipinski definition) is 5. The summed E-state index contributed by atoms with van der Waals surface area (Å²) in [5, 5.41) is 2.61. The van der Waals surface area contributed by atoms with Crippen LogP contribution in [0.2, 0.25) is 0 Å². The highest BCUT2D eigenvalue weighted by Gasteiger charge is 2.32. The molecule has 130 valence electrons. The summed E-state index contributed by atoms with van der Waals surface area (Å²) in [4.78, 5) is 48.3. The lowest BCUT2D eigenvalue weighted by Crippen LogP contribution is -2.44. The highest BCUT2D eigenvalue weighted by molar-refractivity contribution is 5.94. The van der Waals surface area contributed by atoms with Gasteiger partial charge in [-0.1, -0.05) is 12.1 Å². The lowest BCUT2D eigenvalue weighted by molar-refractivity contribution is -0.116. The van der Waals surface area contributed by atoms with Crippen LogP contribution in [-0.2, 0) is 23.6 Å². The van der Waals surface area contributed by atoms with Crippen LogP contribution in [0.15, 0.2) is 33.9 Å². The number of methoxy groups -OCH3 is 1. The first-order valence-corrected chi connectivity index (χ1v) is 7.63. The van der Waals surface area contributed by atoms with Gasteiger partial charge in [0.1, 0.15) is 5.82 Å². The lowest BCUT2D eigenvalue weighted by atomic mass is 9.86. The summed E-state index contributed by atoms with van der Waals surface area (Å²) < 4.78 is 6.94. The first-order valence-electron chi connectivity index (χ1n) is 7.63. The number of carbonyl (C=O) groups excluding carboxylic acids is 2. The largest absolute Gasteiger partial charge is 0.465 e. The maximum atomic E-state index is 12.6. The van der Waals surface area contributed by atoms with Gasteiger partial charge in [-0.25, -0.2) is 9.59 Å². The van der Waals surface area contributed by atoms with Crippen molar-refractivity contribution in [2.75, 3.05) is 12.4 Å². The minimum atomic E-state index is -0.509. The molecular weight excluding hydrogens is 326 g/mol. The molecule has 0 unspecified atom stereocenters. The van der Waals surface area contributed by atoms with Crippen LogP contribution >= 0.6 is 0 Å². The predicted octanol–water partition coefficient (Wildman–Crippen LogP) is 0.345. The molecule has 1 N–H and O–H groups in total. The Morgan fingerprint density at radius 3 is 2.36 bits per heavy atom. The Balaban J connectivity index is 2.17. The standard InChI is InChI=1S/C17H17N3O5/c1-19-14-13(15(22)20(2)17(19)24)11(8-12(21)18-14)9-4-6-10(7-5-9)16(23)25-3/h4-7,11H,8H2,1-3H3,(H,18,21)/t11-/m1/s1. The topological polar surface area (TPSA) is 99.4 Å². The molecule has 8 nitrogen and oxygen atoms in total. The summed E-state index contributed by atoms with van der Waals surface area (Å²) in [7, 11) is 4.20. The molecule has 1 aliphatic rings. The minimum Gasteiger partial charge on any atom is -0.465 e. The molecule has 0 saturated heterocycles. The van der Waals surface area contributed by atoms with E-state index in [2.05, 4.69) is 10.1 Å². The number of nitrogens with zero attached hydrogens (tertiary/aromatic N) is 2. The summed E-state index contributed by atoms with van der Waals surface area (Å²) in [5.41, 5.74) is 0.487. The van der Waals surface area contributed by atoms with Gasteiger partial charge in [0.05, 0.1) is 18.2 Å². The van der Waals surface area contributed by atoms with Gasteiger partial charge in [-0.3, -0.25) is 18.7 Å². The molecule has 2 heterocycles. The summed E-state index contributed by atoms with van der Waals surface area (Å²) >= 11 is 0. The van der Waals surface area contributed by atoms with Crippen LogP contribution in [0, 0.1) is 0 Å². The molecule has 0 saturated carbocycles. The van der Waals surface area contributed by atoms with Gasteiger partial charge in [-0.15, -0.1) is 0 Å². The van der Waals surface area contributed by atoms with Crippen molar-refractivity contribution < 1.29 is 14.3 Å². The second kappa shape index (κ2) is 6.04. The molecule has 2 aromatic rings. The third-order valence-corrected chi connectivity index (χ3v) is 4.43. The van der Waals surface area contributed by atoms with E-state index in [-0.39, 0.29) is 18.1 Å². The van der Waals surface area contributed by atoms with Crippen LogP contribution in [0.1, 0.15) is 33.8 Å². The summed E-state index contributed by atoms with van der Waals surface area (Å²) in [6, 6.07) is 6.54. The SMILES string of the molecule is COC(=O)c1ccc([C@H]2CC(=O)Nc3c2c(=O)n(C)c(=O)n3C)cc1. The molecule has 25 heavy (non-hydrogen) atoms. The third-order valence-electron chi connectivity index (χ3n) is 4.43. The van der Waals surface area contributed by atoms with Gasteiger partial charge >= 0.3 is 11.7 Å². The van der Waals surface area contributed by atoms with Crippen LogP contribution < -0.4 is 16.6 Å². The number of hydrogen-bond donors (Lipinski definition) is 1. The van der Waals surface area contributed by atoms with Crippen molar-refractivity contribution in [2.45, 2.75) is 12.3 Å². The zero-order valence-electron chi connectivity index (χ0n) is 14.0. The molecular formula is C17H17N3O5. The molecule has 0 spiro atoms. The van der Waals surface area contributed by atoms with Gasteiger partial charge in [0.15, 0.2) is 0 Å². The second-order valence-corrected chi connectivity index (χ2v) is 5.89. The van der Waals surface area contributed by atoms with Gasteiger partial charge in [0, 0.05) is 26.4 Å². The first kappa shape index (κ1) is 16.7. The van der Waals surface area contributed by atoms with Crippen LogP contribution in [0.25, 0.3) is 0 Å².